The molecule has 3 aromatic rings. The highest BCUT2D eigenvalue weighted by atomic mass is 79.9. The molecular formula is C15H11Br2N3O2. The molecule has 112 valence electrons. The highest BCUT2D eigenvalue weighted by Crippen LogP contribution is 2.42. The van der Waals surface area contributed by atoms with Crippen LogP contribution in [0.5, 0.6) is 0 Å². The summed E-state index contributed by atoms with van der Waals surface area (Å²) < 4.78 is 4.15. The van der Waals surface area contributed by atoms with E-state index in [1.807, 2.05) is 48.5 Å². The first kappa shape index (κ1) is 15.2. The zero-order chi connectivity index (χ0) is 15.7. The first-order valence-corrected chi connectivity index (χ1v) is 8.05. The van der Waals surface area contributed by atoms with Gasteiger partial charge in [0, 0.05) is 12.5 Å². The molecule has 0 saturated carbocycles. The number of aromatic nitrogens is 3. The lowest BCUT2D eigenvalue weighted by atomic mass is 10.2. The summed E-state index contributed by atoms with van der Waals surface area (Å²) in [4.78, 5) is 12.8. The molecule has 2 aromatic carbocycles. The van der Waals surface area contributed by atoms with Gasteiger partial charge in [-0.05, 0) is 50.1 Å². The molecule has 22 heavy (non-hydrogen) atoms. The van der Waals surface area contributed by atoms with Crippen molar-refractivity contribution in [1.82, 2.24) is 15.0 Å². The molecule has 5 nitrogen and oxygen atoms in total. The molecule has 0 radical (unpaired) electrons. The maximum Gasteiger partial charge on any atom is 0.304 e. The van der Waals surface area contributed by atoms with Crippen molar-refractivity contribution in [3.05, 3.63) is 54.1 Å². The van der Waals surface area contributed by atoms with Gasteiger partial charge < -0.3 is 4.74 Å². The highest BCUT2D eigenvalue weighted by molar-refractivity contribution is 9.24. The maximum atomic E-state index is 11.3. The fourth-order valence-electron chi connectivity index (χ4n) is 2.10. The number of rotatable bonds is 3. The lowest BCUT2D eigenvalue weighted by Gasteiger charge is -2.22. The standard InChI is InChI=1S/C15H11Br2N3O2/c1-10(21)22-15(16,17)11-6-2-5-9-14(11)20-18-12-7-3-4-8-13(12)19-20/h2-9H,1H3. The smallest absolute Gasteiger partial charge is 0.304 e. The third kappa shape index (κ3) is 2.91. The third-order valence-corrected chi connectivity index (χ3v) is 4.17. The molecule has 3 rings (SSSR count). The van der Waals surface area contributed by atoms with E-state index in [9.17, 15) is 4.79 Å². The molecule has 7 heteroatoms. The van der Waals surface area contributed by atoms with Crippen LogP contribution in [-0.2, 0) is 13.0 Å². The van der Waals surface area contributed by atoms with Crippen molar-refractivity contribution in [3.8, 4) is 5.69 Å². The molecule has 0 saturated heterocycles. The van der Waals surface area contributed by atoms with Crippen LogP contribution < -0.4 is 0 Å². The summed E-state index contributed by atoms with van der Waals surface area (Å²) in [6.45, 7) is 1.35. The number of nitrogens with zero attached hydrogens (tertiary/aromatic N) is 3. The van der Waals surface area contributed by atoms with Crippen LogP contribution >= 0.6 is 31.9 Å². The summed E-state index contributed by atoms with van der Waals surface area (Å²) in [6, 6.07) is 15.0. The highest BCUT2D eigenvalue weighted by Gasteiger charge is 2.32. The number of hydrogen-bond acceptors (Lipinski definition) is 4. The van der Waals surface area contributed by atoms with Crippen molar-refractivity contribution in [3.63, 3.8) is 0 Å². The summed E-state index contributed by atoms with van der Waals surface area (Å²) in [7, 11) is 0. The number of hydrogen-bond donors (Lipinski definition) is 0. The topological polar surface area (TPSA) is 57.0 Å². The van der Waals surface area contributed by atoms with Crippen LogP contribution in [0.25, 0.3) is 16.7 Å². The summed E-state index contributed by atoms with van der Waals surface area (Å²) in [5.74, 6) is -0.415. The lowest BCUT2D eigenvalue weighted by molar-refractivity contribution is -0.143. The van der Waals surface area contributed by atoms with E-state index >= 15 is 0 Å². The Morgan fingerprint density at radius 1 is 1.05 bits per heavy atom. The Morgan fingerprint density at radius 2 is 1.59 bits per heavy atom. The minimum Gasteiger partial charge on any atom is -0.433 e. The van der Waals surface area contributed by atoms with Gasteiger partial charge in [0.2, 0.25) is 3.42 Å². The molecule has 0 N–H and O–H groups in total. The molecule has 0 atom stereocenters. The Kier molecular flexibility index (Phi) is 4.01. The Labute approximate surface area is 143 Å². The third-order valence-electron chi connectivity index (χ3n) is 2.99. The van der Waals surface area contributed by atoms with E-state index in [0.29, 0.717) is 11.3 Å². The molecule has 0 bridgehead atoms. The van der Waals surface area contributed by atoms with E-state index in [4.69, 9.17) is 4.74 Å². The van der Waals surface area contributed by atoms with Gasteiger partial charge in [-0.3, -0.25) is 4.79 Å². The number of carbonyl (C=O) groups excluding carboxylic acids is 1. The summed E-state index contributed by atoms with van der Waals surface area (Å²) >= 11 is 6.77. The second kappa shape index (κ2) is 5.81. The van der Waals surface area contributed by atoms with E-state index in [2.05, 4.69) is 42.1 Å². The molecule has 0 unspecified atom stereocenters. The first-order chi connectivity index (χ1) is 10.5. The number of alkyl halides is 2. The van der Waals surface area contributed by atoms with Crippen LogP contribution in [0.15, 0.2) is 48.5 Å². The number of fused-ring (bicyclic) bond motifs is 1. The van der Waals surface area contributed by atoms with Crippen molar-refractivity contribution < 1.29 is 9.53 Å². The lowest BCUT2D eigenvalue weighted by Crippen LogP contribution is -2.20. The summed E-state index contributed by atoms with van der Waals surface area (Å²) in [5.41, 5.74) is 2.97. The van der Waals surface area contributed by atoms with Gasteiger partial charge in [-0.15, -0.1) is 15.0 Å². The zero-order valence-corrected chi connectivity index (χ0v) is 14.7. The maximum absolute atomic E-state index is 11.3. The van der Waals surface area contributed by atoms with Crippen molar-refractivity contribution in [2.75, 3.05) is 0 Å². The SMILES string of the molecule is CC(=O)OC(Br)(Br)c1ccccc1-n1nc2ccccc2n1. The molecule has 0 amide bonds. The molecule has 0 spiro atoms. The number of para-hydroxylation sites is 1. The van der Waals surface area contributed by atoms with Gasteiger partial charge in [-0.1, -0.05) is 30.3 Å². The molecule has 0 fully saturated rings. The summed E-state index contributed by atoms with van der Waals surface area (Å²) in [6.07, 6.45) is 0. The van der Waals surface area contributed by atoms with Gasteiger partial charge >= 0.3 is 5.97 Å². The van der Waals surface area contributed by atoms with Crippen LogP contribution in [0.4, 0.5) is 0 Å². The fourth-order valence-corrected chi connectivity index (χ4v) is 3.22. The Hall–Kier alpha value is -1.73. The van der Waals surface area contributed by atoms with Crippen LogP contribution in [0.3, 0.4) is 0 Å². The van der Waals surface area contributed by atoms with Crippen LogP contribution in [0.1, 0.15) is 12.5 Å². The van der Waals surface area contributed by atoms with E-state index in [1.165, 1.54) is 11.7 Å². The van der Waals surface area contributed by atoms with Gasteiger partial charge in [0.05, 0.1) is 5.69 Å². The molecule has 1 heterocycles. The van der Waals surface area contributed by atoms with E-state index < -0.39 is 9.39 Å². The number of ether oxygens (including phenoxy) is 1. The van der Waals surface area contributed by atoms with Gasteiger partial charge in [0.15, 0.2) is 0 Å². The monoisotopic (exact) mass is 423 g/mol. The average Bonchev–Trinajstić information content (AvgIpc) is 2.89. The predicted octanol–water partition coefficient (Wildman–Crippen LogP) is 3.88. The van der Waals surface area contributed by atoms with Crippen molar-refractivity contribution in [2.24, 2.45) is 0 Å². The Balaban J connectivity index is 2.13. The molecular weight excluding hydrogens is 414 g/mol. The van der Waals surface area contributed by atoms with Crippen LogP contribution in [0, 0.1) is 0 Å². The molecule has 0 aliphatic carbocycles. The number of halogens is 2. The number of carbonyl (C=O) groups is 1. The fraction of sp³-hybridized carbons (Fsp3) is 0.133. The van der Waals surface area contributed by atoms with Gasteiger partial charge in [-0.25, -0.2) is 0 Å². The van der Waals surface area contributed by atoms with Crippen molar-refractivity contribution in [1.29, 1.82) is 0 Å². The van der Waals surface area contributed by atoms with E-state index in [-0.39, 0.29) is 0 Å². The minimum atomic E-state index is -1.14. The minimum absolute atomic E-state index is 0.415. The van der Waals surface area contributed by atoms with Crippen molar-refractivity contribution >= 4 is 48.9 Å². The molecule has 1 aromatic heterocycles. The van der Waals surface area contributed by atoms with Crippen LogP contribution in [0.2, 0.25) is 0 Å². The van der Waals surface area contributed by atoms with Crippen LogP contribution in [-0.4, -0.2) is 21.0 Å². The normalized spacial score (nSPS) is 11.6. The van der Waals surface area contributed by atoms with Gasteiger partial charge in [0.1, 0.15) is 11.0 Å². The van der Waals surface area contributed by atoms with E-state index in [0.717, 1.165) is 11.0 Å². The first-order valence-electron chi connectivity index (χ1n) is 6.47. The van der Waals surface area contributed by atoms with Crippen molar-refractivity contribution in [2.45, 2.75) is 10.3 Å². The second-order valence-electron chi connectivity index (χ2n) is 4.61. The zero-order valence-electron chi connectivity index (χ0n) is 11.5. The second-order valence-corrected chi connectivity index (χ2v) is 7.90. The Bertz CT molecular complexity index is 812. The molecule has 0 aliphatic heterocycles. The number of esters is 1. The summed E-state index contributed by atoms with van der Waals surface area (Å²) in [5, 5.41) is 8.92. The number of benzene rings is 2. The van der Waals surface area contributed by atoms with E-state index in [1.54, 1.807) is 0 Å². The van der Waals surface area contributed by atoms with Gasteiger partial charge in [-0.2, -0.15) is 0 Å². The average molecular weight is 425 g/mol. The Morgan fingerprint density at radius 3 is 2.18 bits per heavy atom. The molecule has 0 aliphatic rings. The van der Waals surface area contributed by atoms with Gasteiger partial charge in [0.25, 0.3) is 0 Å². The quantitative estimate of drug-likeness (QED) is 0.472. The predicted molar refractivity (Wildman–Crippen MR) is 90.2 cm³/mol. The largest absolute Gasteiger partial charge is 0.433 e.